The maximum atomic E-state index is 11.0. The van der Waals surface area contributed by atoms with Crippen molar-refractivity contribution in [2.75, 3.05) is 6.61 Å². The lowest BCUT2D eigenvalue weighted by Crippen LogP contribution is -2.08. The van der Waals surface area contributed by atoms with Crippen molar-refractivity contribution >= 4 is 0 Å². The van der Waals surface area contributed by atoms with Crippen LogP contribution in [0.25, 0.3) is 0 Å². The Balaban J connectivity index is 3.06. The Kier molecular flexibility index (Phi) is 17.1. The maximum absolute atomic E-state index is 11.0. The fourth-order valence-electron chi connectivity index (χ4n) is 4.74. The quantitative estimate of drug-likeness (QED) is 0.141. The first-order valence-corrected chi connectivity index (χ1v) is 14.3. The summed E-state index contributed by atoms with van der Waals surface area (Å²) in [7, 11) is 0. The van der Waals surface area contributed by atoms with E-state index >= 15 is 0 Å². The van der Waals surface area contributed by atoms with Gasteiger partial charge >= 0.3 is 0 Å². The molecule has 3 heteroatoms. The van der Waals surface area contributed by atoms with Crippen molar-refractivity contribution in [3.63, 3.8) is 0 Å². The molecule has 0 spiro atoms. The molecule has 0 heterocycles. The highest BCUT2D eigenvalue weighted by Crippen LogP contribution is 2.46. The molecule has 0 amide bonds. The van der Waals surface area contributed by atoms with E-state index in [0.717, 1.165) is 63.4 Å². The number of rotatable bonds is 21. The summed E-state index contributed by atoms with van der Waals surface area (Å²) in [5.74, 6) is 0.627. The second-order valence-corrected chi connectivity index (χ2v) is 9.80. The van der Waals surface area contributed by atoms with E-state index in [2.05, 4.69) is 27.7 Å². The van der Waals surface area contributed by atoms with Crippen LogP contribution in [0.3, 0.4) is 0 Å². The number of phenolic OH excluding ortho intramolecular Hbond substituents is 2. The molecule has 1 aromatic carbocycles. The molecule has 192 valence electrons. The lowest BCUT2D eigenvalue weighted by Gasteiger charge is -2.22. The van der Waals surface area contributed by atoms with Crippen LogP contribution < -0.4 is 4.74 Å². The average Bonchev–Trinajstić information content (AvgIpc) is 2.81. The lowest BCUT2D eigenvalue weighted by molar-refractivity contribution is 0.278. The average molecular weight is 463 g/mol. The van der Waals surface area contributed by atoms with Crippen LogP contribution in [-0.4, -0.2) is 16.8 Å². The fraction of sp³-hybridized carbons (Fsp3) is 0.800. The Morgan fingerprint density at radius 2 is 0.879 bits per heavy atom. The molecule has 0 saturated heterocycles. The van der Waals surface area contributed by atoms with Gasteiger partial charge in [-0.2, -0.15) is 0 Å². The Morgan fingerprint density at radius 3 is 1.42 bits per heavy atom. The lowest BCUT2D eigenvalue weighted by atomic mass is 9.88. The normalized spacial score (nSPS) is 11.3. The van der Waals surface area contributed by atoms with E-state index in [9.17, 15) is 10.2 Å². The van der Waals surface area contributed by atoms with Crippen molar-refractivity contribution < 1.29 is 14.9 Å². The molecule has 0 bridgehead atoms. The number of unbranched alkanes of at least 4 members (excludes halogenated alkanes) is 12. The number of phenols is 2. The van der Waals surface area contributed by atoms with Crippen molar-refractivity contribution in [3.8, 4) is 17.2 Å². The summed E-state index contributed by atoms with van der Waals surface area (Å²) in [6.07, 6.45) is 21.7. The van der Waals surface area contributed by atoms with Gasteiger partial charge in [0.2, 0.25) is 5.75 Å². The van der Waals surface area contributed by atoms with E-state index < -0.39 is 0 Å². The molecule has 1 rings (SSSR count). The van der Waals surface area contributed by atoms with Gasteiger partial charge in [0.25, 0.3) is 0 Å². The molecule has 0 saturated carbocycles. The molecule has 0 radical (unpaired) electrons. The van der Waals surface area contributed by atoms with Gasteiger partial charge in [-0.3, -0.25) is 0 Å². The van der Waals surface area contributed by atoms with Crippen molar-refractivity contribution in [3.05, 3.63) is 16.7 Å². The zero-order valence-corrected chi connectivity index (χ0v) is 22.4. The van der Waals surface area contributed by atoms with Gasteiger partial charge in [0.05, 0.1) is 6.61 Å². The standard InChI is InChI=1S/C30H54O3/c1-5-9-13-14-15-16-20-24-33-30-27(23-19-12-8-4)25(21-17-10-6-2)26(22-18-11-7-3)28(31)29(30)32/h31-32H,5-24H2,1-4H3. The van der Waals surface area contributed by atoms with Crippen LogP contribution in [0.4, 0.5) is 0 Å². The van der Waals surface area contributed by atoms with E-state index in [1.54, 1.807) is 0 Å². The third-order valence-electron chi connectivity index (χ3n) is 6.81. The second-order valence-electron chi connectivity index (χ2n) is 9.80. The van der Waals surface area contributed by atoms with Crippen LogP contribution in [0.2, 0.25) is 0 Å². The highest BCUT2D eigenvalue weighted by atomic mass is 16.5. The summed E-state index contributed by atoms with van der Waals surface area (Å²) < 4.78 is 6.22. The van der Waals surface area contributed by atoms with E-state index in [1.165, 1.54) is 75.3 Å². The Morgan fingerprint density at radius 1 is 0.455 bits per heavy atom. The van der Waals surface area contributed by atoms with Gasteiger partial charge in [0.15, 0.2) is 11.5 Å². The largest absolute Gasteiger partial charge is 0.504 e. The smallest absolute Gasteiger partial charge is 0.201 e. The summed E-state index contributed by atoms with van der Waals surface area (Å²) in [6.45, 7) is 9.53. The van der Waals surface area contributed by atoms with Crippen LogP contribution in [0.1, 0.15) is 147 Å². The van der Waals surface area contributed by atoms with Gasteiger partial charge in [-0.15, -0.1) is 0 Å². The summed E-state index contributed by atoms with van der Waals surface area (Å²) in [6, 6.07) is 0. The molecule has 1 aromatic rings. The van der Waals surface area contributed by atoms with Gasteiger partial charge in [-0.25, -0.2) is 0 Å². The summed E-state index contributed by atoms with van der Waals surface area (Å²) >= 11 is 0. The van der Waals surface area contributed by atoms with E-state index in [-0.39, 0.29) is 11.5 Å². The van der Waals surface area contributed by atoms with Gasteiger partial charge < -0.3 is 14.9 Å². The van der Waals surface area contributed by atoms with Crippen molar-refractivity contribution in [2.24, 2.45) is 0 Å². The maximum Gasteiger partial charge on any atom is 0.201 e. The van der Waals surface area contributed by atoms with Gasteiger partial charge in [-0.1, -0.05) is 105 Å². The van der Waals surface area contributed by atoms with Crippen LogP contribution in [0.15, 0.2) is 0 Å². The molecule has 0 aliphatic heterocycles. The third-order valence-corrected chi connectivity index (χ3v) is 6.81. The monoisotopic (exact) mass is 462 g/mol. The highest BCUT2D eigenvalue weighted by molar-refractivity contribution is 5.62. The molecular weight excluding hydrogens is 408 g/mol. The molecule has 0 unspecified atom stereocenters. The summed E-state index contributed by atoms with van der Waals surface area (Å²) in [5.41, 5.74) is 3.41. The van der Waals surface area contributed by atoms with Gasteiger partial charge in [0, 0.05) is 11.1 Å². The van der Waals surface area contributed by atoms with Crippen molar-refractivity contribution in [2.45, 2.75) is 150 Å². The summed E-state index contributed by atoms with van der Waals surface area (Å²) in [4.78, 5) is 0. The molecule has 0 aromatic heterocycles. The van der Waals surface area contributed by atoms with E-state index in [1.807, 2.05) is 0 Å². The van der Waals surface area contributed by atoms with Crippen LogP contribution in [0, 0.1) is 0 Å². The number of aromatic hydroxyl groups is 2. The van der Waals surface area contributed by atoms with Gasteiger partial charge in [-0.05, 0) is 50.5 Å². The Bertz CT molecular complexity index is 624. The predicted octanol–water partition coefficient (Wildman–Crippen LogP) is 9.43. The van der Waals surface area contributed by atoms with Crippen molar-refractivity contribution in [1.29, 1.82) is 0 Å². The molecular formula is C30H54O3. The molecule has 2 N–H and O–H groups in total. The molecule has 0 aliphatic carbocycles. The zero-order valence-electron chi connectivity index (χ0n) is 22.4. The zero-order chi connectivity index (χ0) is 24.3. The molecule has 3 nitrogen and oxygen atoms in total. The highest BCUT2D eigenvalue weighted by Gasteiger charge is 2.24. The van der Waals surface area contributed by atoms with Gasteiger partial charge in [0.1, 0.15) is 0 Å². The predicted molar refractivity (Wildman–Crippen MR) is 143 cm³/mol. The number of benzene rings is 1. The van der Waals surface area contributed by atoms with Crippen molar-refractivity contribution in [1.82, 2.24) is 0 Å². The van der Waals surface area contributed by atoms with Crippen LogP contribution in [0.5, 0.6) is 17.2 Å². The minimum Gasteiger partial charge on any atom is -0.504 e. The molecule has 0 fully saturated rings. The van der Waals surface area contributed by atoms with Crippen LogP contribution in [-0.2, 0) is 19.3 Å². The van der Waals surface area contributed by atoms with E-state index in [0.29, 0.717) is 12.4 Å². The number of ether oxygens (including phenoxy) is 1. The Hall–Kier alpha value is -1.38. The fourth-order valence-corrected chi connectivity index (χ4v) is 4.74. The molecule has 0 atom stereocenters. The number of hydrogen-bond acceptors (Lipinski definition) is 3. The minimum absolute atomic E-state index is 0.0183. The Labute approximate surface area is 205 Å². The minimum atomic E-state index is -0.0183. The van der Waals surface area contributed by atoms with Crippen LogP contribution >= 0.6 is 0 Å². The first-order chi connectivity index (χ1) is 16.1. The first kappa shape index (κ1) is 29.7. The second kappa shape index (κ2) is 19.0. The first-order valence-electron chi connectivity index (χ1n) is 14.3. The topological polar surface area (TPSA) is 49.7 Å². The summed E-state index contributed by atoms with van der Waals surface area (Å²) in [5, 5.41) is 22.0. The SMILES string of the molecule is CCCCCCCCCOc1c(O)c(O)c(CCCCC)c(CCCCC)c1CCCCC. The van der Waals surface area contributed by atoms with E-state index in [4.69, 9.17) is 4.74 Å². The molecule has 0 aliphatic rings. The molecule has 33 heavy (non-hydrogen) atoms. The number of hydrogen-bond donors (Lipinski definition) is 2. The third kappa shape index (κ3) is 11.1.